The van der Waals surface area contributed by atoms with E-state index < -0.39 is 0 Å². The molecule has 1 saturated carbocycles. The van der Waals surface area contributed by atoms with Crippen LogP contribution in [0.1, 0.15) is 31.2 Å². The standard InChI is InChI=1S/C22H27N3O2.ClH/c1-25(20-8-3-2-4-9-20)21(26)14-16-10-12-19(13-11-16)24-22(27)17-6-5-7-18(23)15-17;/h2-4,8-13,17-18H,5-7,14-15,23H2,1H3,(H,24,27);1H. The molecule has 2 unspecified atom stereocenters. The van der Waals surface area contributed by atoms with Gasteiger partial charge in [0.25, 0.3) is 0 Å². The zero-order chi connectivity index (χ0) is 19.2. The van der Waals surface area contributed by atoms with E-state index in [1.165, 1.54) is 0 Å². The quantitative estimate of drug-likeness (QED) is 0.800. The van der Waals surface area contributed by atoms with Crippen LogP contribution in [-0.4, -0.2) is 24.9 Å². The number of amides is 2. The Morgan fingerprint density at radius 1 is 1.07 bits per heavy atom. The first kappa shape index (κ1) is 21.9. The first-order valence-corrected chi connectivity index (χ1v) is 9.50. The van der Waals surface area contributed by atoms with Crippen LogP contribution in [0.5, 0.6) is 0 Å². The van der Waals surface area contributed by atoms with Crippen molar-refractivity contribution in [3.63, 3.8) is 0 Å². The maximum atomic E-state index is 12.5. The van der Waals surface area contributed by atoms with Crippen molar-refractivity contribution in [2.45, 2.75) is 38.1 Å². The number of carbonyl (C=O) groups excluding carboxylic acids is 2. The Balaban J connectivity index is 0.00000280. The number of rotatable bonds is 5. The number of benzene rings is 2. The van der Waals surface area contributed by atoms with Crippen molar-refractivity contribution in [2.75, 3.05) is 17.3 Å². The average molecular weight is 402 g/mol. The van der Waals surface area contributed by atoms with Gasteiger partial charge in [-0.3, -0.25) is 9.59 Å². The predicted molar refractivity (Wildman–Crippen MR) is 116 cm³/mol. The summed E-state index contributed by atoms with van der Waals surface area (Å²) in [5.41, 5.74) is 8.52. The number of carbonyl (C=O) groups is 2. The molecule has 2 atom stereocenters. The molecule has 0 heterocycles. The predicted octanol–water partition coefficient (Wildman–Crippen LogP) is 3.77. The van der Waals surface area contributed by atoms with E-state index in [4.69, 9.17) is 5.73 Å². The number of hydrogen-bond acceptors (Lipinski definition) is 3. The molecule has 2 amide bonds. The molecule has 150 valence electrons. The summed E-state index contributed by atoms with van der Waals surface area (Å²) in [5.74, 6) is 0.0569. The molecule has 6 heteroatoms. The molecule has 1 fully saturated rings. The minimum absolute atomic E-state index is 0. The number of nitrogens with one attached hydrogen (secondary N) is 1. The minimum Gasteiger partial charge on any atom is -0.328 e. The number of likely N-dealkylation sites (N-methyl/N-ethyl adjacent to an activating group) is 1. The zero-order valence-corrected chi connectivity index (χ0v) is 17.0. The Bertz CT molecular complexity index is 780. The molecule has 2 aromatic rings. The fourth-order valence-electron chi connectivity index (χ4n) is 3.50. The molecule has 0 spiro atoms. The topological polar surface area (TPSA) is 75.4 Å². The lowest BCUT2D eigenvalue weighted by Gasteiger charge is -2.25. The molecule has 5 nitrogen and oxygen atoms in total. The van der Waals surface area contributed by atoms with Gasteiger partial charge in [0.05, 0.1) is 6.42 Å². The van der Waals surface area contributed by atoms with Crippen molar-refractivity contribution in [1.82, 2.24) is 0 Å². The summed E-state index contributed by atoms with van der Waals surface area (Å²) in [6.07, 6.45) is 3.98. The minimum atomic E-state index is -0.00507. The van der Waals surface area contributed by atoms with E-state index in [1.807, 2.05) is 54.6 Å². The van der Waals surface area contributed by atoms with Gasteiger partial charge in [0.1, 0.15) is 0 Å². The molecular formula is C22H28ClN3O2. The third-order valence-corrected chi connectivity index (χ3v) is 5.18. The maximum absolute atomic E-state index is 12.5. The summed E-state index contributed by atoms with van der Waals surface area (Å²) in [4.78, 5) is 26.5. The molecule has 0 aliphatic heterocycles. The van der Waals surface area contributed by atoms with Crippen LogP contribution in [0.2, 0.25) is 0 Å². The maximum Gasteiger partial charge on any atom is 0.231 e. The van der Waals surface area contributed by atoms with Crippen molar-refractivity contribution in [3.05, 3.63) is 60.2 Å². The van der Waals surface area contributed by atoms with E-state index in [9.17, 15) is 9.59 Å². The number of para-hydroxylation sites is 1. The van der Waals surface area contributed by atoms with Crippen LogP contribution >= 0.6 is 12.4 Å². The van der Waals surface area contributed by atoms with Gasteiger partial charge in [-0.05, 0) is 49.1 Å². The van der Waals surface area contributed by atoms with Crippen molar-refractivity contribution in [1.29, 1.82) is 0 Å². The number of halogens is 1. The Labute approximate surface area is 172 Å². The molecule has 3 N–H and O–H groups in total. The largest absolute Gasteiger partial charge is 0.328 e. The van der Waals surface area contributed by atoms with E-state index in [-0.39, 0.29) is 36.2 Å². The lowest BCUT2D eigenvalue weighted by Crippen LogP contribution is -2.34. The van der Waals surface area contributed by atoms with E-state index in [2.05, 4.69) is 5.32 Å². The molecule has 0 bridgehead atoms. The van der Waals surface area contributed by atoms with Crippen molar-refractivity contribution in [2.24, 2.45) is 11.7 Å². The van der Waals surface area contributed by atoms with E-state index >= 15 is 0 Å². The van der Waals surface area contributed by atoms with Crippen LogP contribution in [-0.2, 0) is 16.0 Å². The second-order valence-corrected chi connectivity index (χ2v) is 7.27. The number of anilines is 2. The highest BCUT2D eigenvalue weighted by Crippen LogP contribution is 2.24. The fraction of sp³-hybridized carbons (Fsp3) is 0.364. The van der Waals surface area contributed by atoms with Crippen LogP contribution in [0.15, 0.2) is 54.6 Å². The summed E-state index contributed by atoms with van der Waals surface area (Å²) in [7, 11) is 1.78. The Kier molecular flexibility index (Phi) is 8.03. The van der Waals surface area contributed by atoms with Gasteiger partial charge in [0.15, 0.2) is 0 Å². The van der Waals surface area contributed by atoms with Crippen molar-refractivity contribution in [3.8, 4) is 0 Å². The van der Waals surface area contributed by atoms with Gasteiger partial charge in [-0.2, -0.15) is 0 Å². The summed E-state index contributed by atoms with van der Waals surface area (Å²) in [6, 6.07) is 17.2. The van der Waals surface area contributed by atoms with Gasteiger partial charge < -0.3 is 16.0 Å². The van der Waals surface area contributed by atoms with Gasteiger partial charge in [0, 0.05) is 30.4 Å². The third kappa shape index (κ3) is 5.81. The van der Waals surface area contributed by atoms with E-state index in [0.29, 0.717) is 6.42 Å². The van der Waals surface area contributed by atoms with Crippen molar-refractivity contribution < 1.29 is 9.59 Å². The van der Waals surface area contributed by atoms with Gasteiger partial charge in [-0.15, -0.1) is 12.4 Å². The van der Waals surface area contributed by atoms with Crippen molar-refractivity contribution >= 4 is 35.6 Å². The molecular weight excluding hydrogens is 374 g/mol. The molecule has 1 aliphatic carbocycles. The van der Waals surface area contributed by atoms with Crippen LogP contribution in [0.25, 0.3) is 0 Å². The van der Waals surface area contributed by atoms with Gasteiger partial charge >= 0.3 is 0 Å². The van der Waals surface area contributed by atoms with Crippen LogP contribution in [0.4, 0.5) is 11.4 Å². The fourth-order valence-corrected chi connectivity index (χ4v) is 3.50. The SMILES string of the molecule is CN(C(=O)Cc1ccc(NC(=O)C2CCCC(N)C2)cc1)c1ccccc1.Cl. The van der Waals surface area contributed by atoms with Crippen LogP contribution < -0.4 is 16.0 Å². The Morgan fingerprint density at radius 3 is 2.39 bits per heavy atom. The van der Waals surface area contributed by atoms with E-state index in [1.54, 1.807) is 11.9 Å². The molecule has 28 heavy (non-hydrogen) atoms. The first-order valence-electron chi connectivity index (χ1n) is 9.50. The lowest BCUT2D eigenvalue weighted by molar-refractivity contribution is -0.121. The molecule has 2 aromatic carbocycles. The number of nitrogens with two attached hydrogens (primary N) is 1. The average Bonchev–Trinajstić information content (AvgIpc) is 2.69. The molecule has 0 radical (unpaired) electrons. The monoisotopic (exact) mass is 401 g/mol. The Hall–Kier alpha value is -2.37. The molecule has 0 saturated heterocycles. The van der Waals surface area contributed by atoms with Gasteiger partial charge in [-0.25, -0.2) is 0 Å². The molecule has 0 aromatic heterocycles. The highest BCUT2D eigenvalue weighted by molar-refractivity contribution is 5.95. The van der Waals surface area contributed by atoms with Crippen LogP contribution in [0.3, 0.4) is 0 Å². The smallest absolute Gasteiger partial charge is 0.231 e. The third-order valence-electron chi connectivity index (χ3n) is 5.18. The number of nitrogens with zero attached hydrogens (tertiary/aromatic N) is 1. The molecule has 1 aliphatic rings. The number of hydrogen-bond donors (Lipinski definition) is 2. The highest BCUT2D eigenvalue weighted by Gasteiger charge is 2.25. The van der Waals surface area contributed by atoms with Gasteiger partial charge in [-0.1, -0.05) is 36.8 Å². The second-order valence-electron chi connectivity index (χ2n) is 7.27. The summed E-state index contributed by atoms with van der Waals surface area (Å²) < 4.78 is 0. The zero-order valence-electron chi connectivity index (χ0n) is 16.1. The van der Waals surface area contributed by atoms with Gasteiger partial charge in [0.2, 0.25) is 11.8 Å². The summed E-state index contributed by atoms with van der Waals surface area (Å²) in [6.45, 7) is 0. The molecule has 3 rings (SSSR count). The summed E-state index contributed by atoms with van der Waals surface area (Å²) >= 11 is 0. The first-order chi connectivity index (χ1) is 13.0. The lowest BCUT2D eigenvalue weighted by atomic mass is 9.85. The van der Waals surface area contributed by atoms with E-state index in [0.717, 1.165) is 42.6 Å². The second kappa shape index (κ2) is 10.2. The Morgan fingerprint density at radius 2 is 1.75 bits per heavy atom. The summed E-state index contributed by atoms with van der Waals surface area (Å²) in [5, 5.41) is 2.97. The highest BCUT2D eigenvalue weighted by atomic mass is 35.5. The van der Waals surface area contributed by atoms with Crippen LogP contribution in [0, 0.1) is 5.92 Å². The normalized spacial score (nSPS) is 18.6.